The minimum absolute atomic E-state index is 0.0736. The Kier molecular flexibility index (Phi) is 4.26. The summed E-state index contributed by atoms with van der Waals surface area (Å²) >= 11 is 1.14. The van der Waals surface area contributed by atoms with Gasteiger partial charge in [0.15, 0.2) is 0 Å². The summed E-state index contributed by atoms with van der Waals surface area (Å²) in [7, 11) is -7.18. The second-order valence-corrected chi connectivity index (χ2v) is 10.2. The molecular formula is C13H16N4O4S3. The number of nitrogens with zero attached hydrogens (tertiary/aromatic N) is 3. The average Bonchev–Trinajstić information content (AvgIpc) is 2.89. The number of rotatable bonds is 4. The normalized spacial score (nSPS) is 15.2. The van der Waals surface area contributed by atoms with E-state index in [0.29, 0.717) is 35.6 Å². The summed E-state index contributed by atoms with van der Waals surface area (Å²) < 4.78 is 52.4. The van der Waals surface area contributed by atoms with Crippen LogP contribution in [0.3, 0.4) is 0 Å². The highest BCUT2D eigenvalue weighted by molar-refractivity contribution is 7.93. The van der Waals surface area contributed by atoms with E-state index < -0.39 is 20.0 Å². The highest BCUT2D eigenvalue weighted by atomic mass is 32.2. The molecule has 1 aromatic heterocycles. The molecule has 1 aliphatic rings. The molecule has 0 aliphatic carbocycles. The van der Waals surface area contributed by atoms with Gasteiger partial charge in [0.25, 0.3) is 10.0 Å². The third kappa shape index (κ3) is 3.37. The molecule has 8 nitrogen and oxygen atoms in total. The standard InChI is InChI=1S/C13H16N4O4S3/c1-9-14-15-13(22-9)16-24(20,21)11-5-6-12-10(8-11)4-3-7-17(12)23(2,18)19/h5-6,8H,3-4,7H2,1-2H3,(H,15,16). The summed E-state index contributed by atoms with van der Waals surface area (Å²) in [5.41, 5.74) is 1.23. The van der Waals surface area contributed by atoms with Gasteiger partial charge in [-0.05, 0) is 43.5 Å². The first-order valence-corrected chi connectivity index (χ1v) is 11.3. The molecule has 0 spiro atoms. The number of benzene rings is 1. The molecule has 2 aromatic rings. The number of nitrogens with one attached hydrogen (secondary N) is 1. The van der Waals surface area contributed by atoms with E-state index in [1.807, 2.05) is 0 Å². The fourth-order valence-corrected chi connectivity index (χ4v) is 5.43. The topological polar surface area (TPSA) is 109 Å². The largest absolute Gasteiger partial charge is 0.270 e. The molecule has 1 aromatic carbocycles. The molecule has 11 heteroatoms. The minimum Gasteiger partial charge on any atom is -0.270 e. The molecule has 0 saturated heterocycles. The van der Waals surface area contributed by atoms with Gasteiger partial charge in [-0.25, -0.2) is 16.8 Å². The summed E-state index contributed by atoms with van der Waals surface area (Å²) in [6.07, 6.45) is 2.42. The van der Waals surface area contributed by atoms with Gasteiger partial charge in [0.1, 0.15) is 5.01 Å². The van der Waals surface area contributed by atoms with Crippen molar-refractivity contribution in [3.63, 3.8) is 0 Å². The quantitative estimate of drug-likeness (QED) is 0.847. The molecule has 3 rings (SSSR count). The van der Waals surface area contributed by atoms with Crippen molar-refractivity contribution < 1.29 is 16.8 Å². The van der Waals surface area contributed by atoms with Crippen LogP contribution in [0.25, 0.3) is 0 Å². The van der Waals surface area contributed by atoms with Crippen molar-refractivity contribution in [2.75, 3.05) is 21.8 Å². The third-order valence-corrected chi connectivity index (χ3v) is 6.99. The summed E-state index contributed by atoms with van der Waals surface area (Å²) in [6.45, 7) is 2.13. The van der Waals surface area contributed by atoms with E-state index >= 15 is 0 Å². The lowest BCUT2D eigenvalue weighted by Crippen LogP contribution is -2.34. The van der Waals surface area contributed by atoms with Gasteiger partial charge in [0, 0.05) is 6.54 Å². The Bertz CT molecular complexity index is 982. The zero-order valence-corrected chi connectivity index (χ0v) is 15.5. The van der Waals surface area contributed by atoms with E-state index in [1.165, 1.54) is 22.5 Å². The maximum atomic E-state index is 12.5. The third-order valence-electron chi connectivity index (χ3n) is 3.59. The maximum Gasteiger partial charge on any atom is 0.263 e. The van der Waals surface area contributed by atoms with Gasteiger partial charge >= 0.3 is 0 Å². The van der Waals surface area contributed by atoms with Crippen LogP contribution in [0.2, 0.25) is 0 Å². The molecule has 0 bridgehead atoms. The van der Waals surface area contributed by atoms with Crippen LogP contribution in [-0.4, -0.2) is 39.8 Å². The zero-order valence-electron chi connectivity index (χ0n) is 13.1. The highest BCUT2D eigenvalue weighted by Gasteiger charge is 2.26. The molecule has 1 N–H and O–H groups in total. The van der Waals surface area contributed by atoms with Crippen molar-refractivity contribution in [1.82, 2.24) is 10.2 Å². The summed E-state index contributed by atoms with van der Waals surface area (Å²) in [4.78, 5) is 0.0736. The van der Waals surface area contributed by atoms with Crippen LogP contribution in [0, 0.1) is 6.92 Å². The number of sulfonamides is 2. The van der Waals surface area contributed by atoms with Crippen molar-refractivity contribution in [3.8, 4) is 0 Å². The number of anilines is 2. The van der Waals surface area contributed by atoms with Crippen LogP contribution in [0.15, 0.2) is 23.1 Å². The van der Waals surface area contributed by atoms with Gasteiger partial charge in [-0.2, -0.15) is 0 Å². The molecule has 0 saturated carbocycles. The molecule has 130 valence electrons. The maximum absolute atomic E-state index is 12.5. The van der Waals surface area contributed by atoms with Crippen molar-refractivity contribution in [3.05, 3.63) is 28.8 Å². The molecule has 0 atom stereocenters. The average molecular weight is 388 g/mol. The summed E-state index contributed by atoms with van der Waals surface area (Å²) in [5, 5.41) is 8.37. The van der Waals surface area contributed by atoms with E-state index in [1.54, 1.807) is 6.92 Å². The van der Waals surface area contributed by atoms with E-state index in [9.17, 15) is 16.8 Å². The molecule has 0 radical (unpaired) electrons. The molecule has 0 fully saturated rings. The first-order chi connectivity index (χ1) is 11.2. The van der Waals surface area contributed by atoms with Gasteiger partial charge in [0.05, 0.1) is 16.8 Å². The lowest BCUT2D eigenvalue weighted by atomic mass is 10.0. The van der Waals surface area contributed by atoms with Gasteiger partial charge in [0.2, 0.25) is 15.2 Å². The SMILES string of the molecule is Cc1nnc(NS(=O)(=O)c2ccc3c(c2)CCCN3S(C)(=O)=O)s1. The second kappa shape index (κ2) is 5.97. The number of fused-ring (bicyclic) bond motifs is 1. The number of hydrogen-bond acceptors (Lipinski definition) is 7. The molecule has 0 unspecified atom stereocenters. The predicted octanol–water partition coefficient (Wildman–Crippen LogP) is 1.36. The Morgan fingerprint density at radius 3 is 2.58 bits per heavy atom. The Morgan fingerprint density at radius 2 is 1.96 bits per heavy atom. The smallest absolute Gasteiger partial charge is 0.263 e. The van der Waals surface area contributed by atoms with Crippen LogP contribution in [0.5, 0.6) is 0 Å². The zero-order chi connectivity index (χ0) is 17.5. The molecule has 24 heavy (non-hydrogen) atoms. The Hall–Kier alpha value is -1.72. The molecule has 1 aliphatic heterocycles. The fourth-order valence-electron chi connectivity index (χ4n) is 2.56. The Balaban J connectivity index is 1.96. The van der Waals surface area contributed by atoms with Gasteiger partial charge < -0.3 is 0 Å². The molecule has 2 heterocycles. The van der Waals surface area contributed by atoms with Gasteiger partial charge in [-0.3, -0.25) is 9.03 Å². The van der Waals surface area contributed by atoms with Crippen LogP contribution in [0.1, 0.15) is 17.0 Å². The second-order valence-electron chi connectivity index (χ2n) is 5.46. The lowest BCUT2D eigenvalue weighted by Gasteiger charge is -2.29. The Morgan fingerprint density at radius 1 is 1.21 bits per heavy atom. The van der Waals surface area contributed by atoms with Crippen LogP contribution in [0.4, 0.5) is 10.8 Å². The monoisotopic (exact) mass is 388 g/mol. The minimum atomic E-state index is -3.80. The van der Waals surface area contributed by atoms with Crippen molar-refractivity contribution in [1.29, 1.82) is 0 Å². The van der Waals surface area contributed by atoms with Gasteiger partial charge in [-0.1, -0.05) is 11.3 Å². The first-order valence-electron chi connectivity index (χ1n) is 7.10. The van der Waals surface area contributed by atoms with Crippen molar-refractivity contribution >= 4 is 42.2 Å². The van der Waals surface area contributed by atoms with E-state index in [4.69, 9.17) is 0 Å². The van der Waals surface area contributed by atoms with Crippen molar-refractivity contribution in [2.45, 2.75) is 24.7 Å². The highest BCUT2D eigenvalue weighted by Crippen LogP contribution is 2.31. The van der Waals surface area contributed by atoms with E-state index in [-0.39, 0.29) is 10.0 Å². The van der Waals surface area contributed by atoms with E-state index in [0.717, 1.165) is 17.6 Å². The summed E-state index contributed by atoms with van der Waals surface area (Å²) in [6, 6.07) is 4.46. The lowest BCUT2D eigenvalue weighted by molar-refractivity contribution is 0.592. The van der Waals surface area contributed by atoms with Crippen LogP contribution in [-0.2, 0) is 26.5 Å². The van der Waals surface area contributed by atoms with E-state index in [2.05, 4.69) is 14.9 Å². The molecule has 0 amide bonds. The van der Waals surface area contributed by atoms with Crippen LogP contribution < -0.4 is 9.03 Å². The number of aryl methyl sites for hydroxylation is 2. The van der Waals surface area contributed by atoms with Crippen molar-refractivity contribution in [2.24, 2.45) is 0 Å². The number of hydrogen-bond donors (Lipinski definition) is 1. The Labute approximate surface area is 144 Å². The predicted molar refractivity (Wildman–Crippen MR) is 92.4 cm³/mol. The first kappa shape index (κ1) is 17.1. The fraction of sp³-hybridized carbons (Fsp3) is 0.385. The van der Waals surface area contributed by atoms with Crippen LogP contribution >= 0.6 is 11.3 Å². The molecular weight excluding hydrogens is 372 g/mol. The number of aromatic nitrogens is 2. The summed E-state index contributed by atoms with van der Waals surface area (Å²) in [5.74, 6) is 0. The van der Waals surface area contributed by atoms with Gasteiger partial charge in [-0.15, -0.1) is 10.2 Å².